The van der Waals surface area contributed by atoms with Crippen molar-refractivity contribution in [2.24, 2.45) is 0 Å². The van der Waals surface area contributed by atoms with E-state index in [9.17, 15) is 26.6 Å². The predicted molar refractivity (Wildman–Crippen MR) is 136 cm³/mol. The van der Waals surface area contributed by atoms with Crippen LogP contribution < -0.4 is 10.0 Å². The van der Waals surface area contributed by atoms with E-state index in [-0.39, 0.29) is 24.7 Å². The zero-order chi connectivity index (χ0) is 27.3. The zero-order valence-corrected chi connectivity index (χ0v) is 21.8. The lowest BCUT2D eigenvalue weighted by Crippen LogP contribution is -2.28. The fourth-order valence-electron chi connectivity index (χ4n) is 3.73. The number of hydrogen-bond donors (Lipinski definition) is 2. The molecule has 198 valence electrons. The van der Waals surface area contributed by atoms with Crippen LogP contribution in [0.3, 0.4) is 0 Å². The summed E-state index contributed by atoms with van der Waals surface area (Å²) in [6, 6.07) is 13.8. The van der Waals surface area contributed by atoms with Crippen LogP contribution in [0, 0.1) is 5.82 Å². The van der Waals surface area contributed by atoms with Gasteiger partial charge < -0.3 is 5.32 Å². The number of benzene rings is 2. The average molecular weight is 536 g/mol. The third-order valence-electron chi connectivity index (χ3n) is 5.99. The number of pyridine rings is 1. The van der Waals surface area contributed by atoms with Crippen LogP contribution in [0.25, 0.3) is 11.3 Å². The van der Waals surface area contributed by atoms with Gasteiger partial charge in [-0.05, 0) is 47.7 Å². The molecule has 0 fully saturated rings. The zero-order valence-electron chi connectivity index (χ0n) is 20.9. The minimum Gasteiger partial charge on any atom is -0.351 e. The Labute approximate surface area is 216 Å². The van der Waals surface area contributed by atoms with Gasteiger partial charge in [0.15, 0.2) is 0 Å². The first kappa shape index (κ1) is 28.5. The van der Waals surface area contributed by atoms with Gasteiger partial charge in [0.1, 0.15) is 11.5 Å². The van der Waals surface area contributed by atoms with Crippen molar-refractivity contribution in [3.63, 3.8) is 0 Å². The topological polar surface area (TPSA) is 71.1 Å². The maximum absolute atomic E-state index is 14.5. The molecule has 2 N–H and O–H groups in total. The monoisotopic (exact) mass is 535 g/mol. The number of nitrogens with one attached hydrogen (secondary N) is 2. The summed E-state index contributed by atoms with van der Waals surface area (Å²) in [6.07, 6.45) is -3.17. The lowest BCUT2D eigenvalue weighted by atomic mass is 9.97. The number of amides is 1. The van der Waals surface area contributed by atoms with E-state index < -0.39 is 40.5 Å². The van der Waals surface area contributed by atoms with Gasteiger partial charge in [-0.2, -0.15) is 13.2 Å². The molecule has 37 heavy (non-hydrogen) atoms. The molecular weight excluding hydrogens is 506 g/mol. The van der Waals surface area contributed by atoms with Gasteiger partial charge in [0.25, 0.3) is 0 Å². The fourth-order valence-corrected chi connectivity index (χ4v) is 4.08. The summed E-state index contributed by atoms with van der Waals surface area (Å²) in [4.78, 5) is 16.8. The summed E-state index contributed by atoms with van der Waals surface area (Å²) in [7, 11) is -1.29. The minimum absolute atomic E-state index is 0.0532. The van der Waals surface area contributed by atoms with Crippen LogP contribution in [0.2, 0.25) is 0 Å². The molecule has 0 saturated heterocycles. The molecule has 2 aromatic carbocycles. The normalized spacial score (nSPS) is 13.4. The van der Waals surface area contributed by atoms with E-state index in [0.717, 1.165) is 11.6 Å². The van der Waals surface area contributed by atoms with Crippen LogP contribution in [0.15, 0.2) is 54.6 Å². The SMILES string of the molecule is CC(C)c1cccc(-c2nc(C(F)(F)F)ccc2CNC(=O)C(C)c2ccc(CNS(C)=O)c(F)c2)c1. The Kier molecular flexibility index (Phi) is 9.20. The highest BCUT2D eigenvalue weighted by Crippen LogP contribution is 2.32. The number of carbonyl (C=O) groups is 1. The van der Waals surface area contributed by atoms with Crippen molar-refractivity contribution >= 4 is 16.9 Å². The van der Waals surface area contributed by atoms with E-state index in [1.54, 1.807) is 31.2 Å². The molecule has 10 heteroatoms. The van der Waals surface area contributed by atoms with E-state index in [1.807, 2.05) is 19.9 Å². The van der Waals surface area contributed by atoms with Crippen molar-refractivity contribution < 1.29 is 26.6 Å². The number of nitrogens with zero attached hydrogens (tertiary/aromatic N) is 1. The van der Waals surface area contributed by atoms with Crippen molar-refractivity contribution in [3.8, 4) is 11.3 Å². The Morgan fingerprint density at radius 1 is 0.973 bits per heavy atom. The highest BCUT2D eigenvalue weighted by Gasteiger charge is 2.33. The second-order valence-corrected chi connectivity index (χ2v) is 10.2. The van der Waals surface area contributed by atoms with Crippen molar-refractivity contribution in [1.29, 1.82) is 0 Å². The second kappa shape index (κ2) is 12.0. The summed E-state index contributed by atoms with van der Waals surface area (Å²) in [5.74, 6) is -1.50. The van der Waals surface area contributed by atoms with Crippen LogP contribution in [-0.2, 0) is 35.0 Å². The molecule has 0 radical (unpaired) electrons. The molecule has 3 aromatic rings. The van der Waals surface area contributed by atoms with Gasteiger partial charge in [0, 0.05) is 30.5 Å². The maximum Gasteiger partial charge on any atom is 0.433 e. The number of alkyl halides is 3. The predicted octanol–water partition coefficient (Wildman–Crippen LogP) is 5.83. The van der Waals surface area contributed by atoms with Crippen molar-refractivity contribution in [2.75, 3.05) is 6.26 Å². The molecule has 5 nitrogen and oxygen atoms in total. The number of halogens is 4. The minimum atomic E-state index is -4.61. The summed E-state index contributed by atoms with van der Waals surface area (Å²) < 4.78 is 68.5. The molecule has 3 rings (SSSR count). The van der Waals surface area contributed by atoms with Crippen molar-refractivity contribution in [2.45, 2.75) is 51.9 Å². The number of aromatic nitrogens is 1. The molecular formula is C27H29F4N3O2S. The Hall–Kier alpha value is -3.11. The lowest BCUT2D eigenvalue weighted by Gasteiger charge is -2.17. The lowest BCUT2D eigenvalue weighted by molar-refractivity contribution is -0.141. The largest absolute Gasteiger partial charge is 0.433 e. The summed E-state index contributed by atoms with van der Waals surface area (Å²) in [5, 5.41) is 2.74. The number of carbonyl (C=O) groups excluding carboxylic acids is 1. The van der Waals surface area contributed by atoms with Gasteiger partial charge in [-0.3, -0.25) is 4.79 Å². The summed E-state index contributed by atoms with van der Waals surface area (Å²) in [6.45, 7) is 5.61. The van der Waals surface area contributed by atoms with Gasteiger partial charge >= 0.3 is 6.18 Å². The van der Waals surface area contributed by atoms with E-state index in [1.165, 1.54) is 24.5 Å². The Balaban J connectivity index is 1.82. The van der Waals surface area contributed by atoms with E-state index >= 15 is 0 Å². The molecule has 0 aliphatic heterocycles. The van der Waals surface area contributed by atoms with Crippen LogP contribution in [0.4, 0.5) is 17.6 Å². The Morgan fingerprint density at radius 2 is 1.68 bits per heavy atom. The molecule has 1 aromatic heterocycles. The Bertz CT molecular complexity index is 1290. The van der Waals surface area contributed by atoms with Gasteiger partial charge in [0.2, 0.25) is 5.91 Å². The summed E-state index contributed by atoms with van der Waals surface area (Å²) >= 11 is 0. The highest BCUT2D eigenvalue weighted by atomic mass is 32.2. The number of hydrogen-bond acceptors (Lipinski definition) is 3. The molecule has 2 unspecified atom stereocenters. The number of rotatable bonds is 9. The van der Waals surface area contributed by atoms with Crippen LogP contribution >= 0.6 is 0 Å². The van der Waals surface area contributed by atoms with Gasteiger partial charge in [-0.1, -0.05) is 50.2 Å². The van der Waals surface area contributed by atoms with Gasteiger partial charge in [-0.25, -0.2) is 18.3 Å². The molecule has 0 saturated carbocycles. The first-order valence-corrected chi connectivity index (χ1v) is 13.2. The maximum atomic E-state index is 14.5. The fraction of sp³-hybridized carbons (Fsp3) is 0.333. The standard InChI is InChI=1S/C27H29F4N3O2S/c1-16(2)18-6-5-7-20(12-18)25-22(10-11-24(34-25)27(29,30)31)14-32-26(35)17(3)19-8-9-21(23(28)13-19)15-33-37(4)36/h5-13,16-17,33H,14-15H2,1-4H3,(H,32,35). The molecule has 0 bridgehead atoms. The van der Waals surface area contributed by atoms with E-state index in [0.29, 0.717) is 22.3 Å². The highest BCUT2D eigenvalue weighted by molar-refractivity contribution is 7.82. The quantitative estimate of drug-likeness (QED) is 0.339. The smallest absolute Gasteiger partial charge is 0.351 e. The molecule has 1 amide bonds. The van der Waals surface area contributed by atoms with Crippen molar-refractivity contribution in [1.82, 2.24) is 15.0 Å². The van der Waals surface area contributed by atoms with Crippen LogP contribution in [0.1, 0.15) is 60.6 Å². The van der Waals surface area contributed by atoms with Gasteiger partial charge in [0.05, 0.1) is 22.6 Å². The Morgan fingerprint density at radius 3 is 2.30 bits per heavy atom. The molecule has 0 aliphatic rings. The van der Waals surface area contributed by atoms with Crippen molar-refractivity contribution in [3.05, 3.63) is 88.4 Å². The molecule has 0 aliphatic carbocycles. The molecule has 2 atom stereocenters. The average Bonchev–Trinajstić information content (AvgIpc) is 2.85. The molecule has 0 spiro atoms. The third-order valence-corrected chi connectivity index (χ3v) is 6.54. The third kappa shape index (κ3) is 7.45. The second-order valence-electron chi connectivity index (χ2n) is 9.05. The first-order chi connectivity index (χ1) is 17.4. The van der Waals surface area contributed by atoms with E-state index in [4.69, 9.17) is 0 Å². The van der Waals surface area contributed by atoms with E-state index in [2.05, 4.69) is 15.0 Å². The van der Waals surface area contributed by atoms with Crippen LogP contribution in [0.5, 0.6) is 0 Å². The van der Waals surface area contributed by atoms with Crippen LogP contribution in [-0.4, -0.2) is 21.4 Å². The molecule has 1 heterocycles. The first-order valence-electron chi connectivity index (χ1n) is 11.7. The summed E-state index contributed by atoms with van der Waals surface area (Å²) in [5.41, 5.74) is 1.77. The van der Waals surface area contributed by atoms with Gasteiger partial charge in [-0.15, -0.1) is 0 Å².